The molecule has 0 saturated carbocycles. The van der Waals surface area contributed by atoms with Crippen molar-refractivity contribution in [3.05, 3.63) is 22.4 Å². The van der Waals surface area contributed by atoms with Crippen molar-refractivity contribution in [3.8, 4) is 0 Å². The third-order valence-corrected chi connectivity index (χ3v) is 4.06. The first kappa shape index (κ1) is 14.8. The maximum atomic E-state index is 12.0. The quantitative estimate of drug-likeness (QED) is 0.638. The Morgan fingerprint density at radius 1 is 1.40 bits per heavy atom. The Morgan fingerprint density at radius 2 is 2.20 bits per heavy atom. The van der Waals surface area contributed by atoms with E-state index in [0.717, 1.165) is 39.0 Å². The van der Waals surface area contributed by atoms with Crippen LogP contribution in [0, 0.1) is 0 Å². The molecule has 1 aliphatic rings. The van der Waals surface area contributed by atoms with Crippen molar-refractivity contribution in [1.29, 1.82) is 0 Å². The zero-order chi connectivity index (χ0) is 14.2. The zero-order valence-corrected chi connectivity index (χ0v) is 12.7. The smallest absolute Gasteiger partial charge is 0.244 e. The Hall–Kier alpha value is -1.56. The highest BCUT2D eigenvalue weighted by Gasteiger charge is 2.17. The lowest BCUT2D eigenvalue weighted by Gasteiger charge is -2.15. The van der Waals surface area contributed by atoms with Gasteiger partial charge in [-0.2, -0.15) is 0 Å². The van der Waals surface area contributed by atoms with Crippen LogP contribution in [0.2, 0.25) is 0 Å². The Balaban J connectivity index is 1.82. The molecule has 20 heavy (non-hydrogen) atoms. The summed E-state index contributed by atoms with van der Waals surface area (Å²) in [5.74, 6) is 0.823. The van der Waals surface area contributed by atoms with Crippen molar-refractivity contribution in [3.63, 3.8) is 0 Å². The topological polar surface area (TPSA) is 56.7 Å². The Labute approximate surface area is 124 Å². The number of carbonyl (C=O) groups excluding carboxylic acids is 1. The maximum Gasteiger partial charge on any atom is 0.244 e. The van der Waals surface area contributed by atoms with Crippen LogP contribution in [0.15, 0.2) is 22.5 Å². The fourth-order valence-corrected chi connectivity index (χ4v) is 2.78. The number of aliphatic imine (C=N–C) groups is 1. The molecule has 1 aromatic heterocycles. The van der Waals surface area contributed by atoms with Crippen molar-refractivity contribution in [1.82, 2.24) is 15.5 Å². The monoisotopic (exact) mass is 294 g/mol. The molecular weight excluding hydrogens is 272 g/mol. The highest BCUT2D eigenvalue weighted by Crippen LogP contribution is 2.08. The summed E-state index contributed by atoms with van der Waals surface area (Å²) in [6.07, 6.45) is 2.23. The van der Waals surface area contributed by atoms with Crippen LogP contribution in [-0.2, 0) is 11.3 Å². The van der Waals surface area contributed by atoms with Gasteiger partial charge in [-0.3, -0.25) is 4.79 Å². The summed E-state index contributed by atoms with van der Waals surface area (Å²) in [6.45, 7) is 5.53. The summed E-state index contributed by atoms with van der Waals surface area (Å²) in [7, 11) is 0. The van der Waals surface area contributed by atoms with Gasteiger partial charge in [-0.1, -0.05) is 6.07 Å². The lowest BCUT2D eigenvalue weighted by Crippen LogP contribution is -2.38. The number of hydrogen-bond donors (Lipinski definition) is 2. The van der Waals surface area contributed by atoms with Crippen molar-refractivity contribution < 1.29 is 4.79 Å². The Bertz CT molecular complexity index is 438. The second-order valence-corrected chi connectivity index (χ2v) is 5.75. The maximum absolute atomic E-state index is 12.0. The summed E-state index contributed by atoms with van der Waals surface area (Å²) in [4.78, 5) is 19.5. The molecule has 2 heterocycles. The van der Waals surface area contributed by atoms with Crippen LogP contribution in [0.5, 0.6) is 0 Å². The highest BCUT2D eigenvalue weighted by molar-refractivity contribution is 7.09. The van der Waals surface area contributed by atoms with Gasteiger partial charge in [0.15, 0.2) is 5.96 Å². The molecule has 0 spiro atoms. The number of nitrogens with one attached hydrogen (secondary N) is 2. The van der Waals surface area contributed by atoms with Crippen molar-refractivity contribution in [2.45, 2.75) is 26.3 Å². The standard InChI is InChI=1S/C14H22N4OS/c1-2-15-14(16-10-12-6-5-9-20-12)17-11-13(19)18-7-3-4-8-18/h5-6,9H,2-4,7-8,10-11H2,1H3,(H2,15,16,17). The lowest BCUT2D eigenvalue weighted by atomic mass is 10.4. The van der Waals surface area contributed by atoms with E-state index < -0.39 is 0 Å². The highest BCUT2D eigenvalue weighted by atomic mass is 32.1. The number of nitrogens with zero attached hydrogens (tertiary/aromatic N) is 2. The molecular formula is C14H22N4OS. The van der Waals surface area contributed by atoms with Gasteiger partial charge >= 0.3 is 0 Å². The largest absolute Gasteiger partial charge is 0.357 e. The van der Waals surface area contributed by atoms with Gasteiger partial charge in [0.25, 0.3) is 0 Å². The Morgan fingerprint density at radius 3 is 2.85 bits per heavy atom. The summed E-state index contributed by atoms with van der Waals surface area (Å²) < 4.78 is 0. The van der Waals surface area contributed by atoms with Gasteiger partial charge in [0.1, 0.15) is 6.54 Å². The minimum Gasteiger partial charge on any atom is -0.357 e. The van der Waals surface area contributed by atoms with Crippen LogP contribution in [0.3, 0.4) is 0 Å². The summed E-state index contributed by atoms with van der Waals surface area (Å²) >= 11 is 1.71. The van der Waals surface area contributed by atoms with Gasteiger partial charge in [-0.25, -0.2) is 4.99 Å². The van der Waals surface area contributed by atoms with Gasteiger partial charge in [-0.15, -0.1) is 11.3 Å². The molecule has 110 valence electrons. The molecule has 0 atom stereocenters. The van der Waals surface area contributed by atoms with Gasteiger partial charge in [0.05, 0.1) is 6.54 Å². The lowest BCUT2D eigenvalue weighted by molar-refractivity contribution is -0.128. The molecule has 0 unspecified atom stereocenters. The first-order valence-electron chi connectivity index (χ1n) is 7.12. The van der Waals surface area contributed by atoms with Gasteiger partial charge in [0, 0.05) is 24.5 Å². The van der Waals surface area contributed by atoms with Crippen molar-refractivity contribution in [2.75, 3.05) is 26.2 Å². The first-order valence-corrected chi connectivity index (χ1v) is 8.00. The average Bonchev–Trinajstić information content (AvgIpc) is 3.13. The minimum absolute atomic E-state index is 0.121. The molecule has 6 heteroatoms. The van der Waals surface area contributed by atoms with Gasteiger partial charge in [-0.05, 0) is 31.2 Å². The molecule has 0 aliphatic carbocycles. The third-order valence-electron chi connectivity index (χ3n) is 3.19. The number of hydrogen-bond acceptors (Lipinski definition) is 3. The summed E-state index contributed by atoms with van der Waals surface area (Å²) in [5, 5.41) is 8.46. The molecule has 1 amide bonds. The average molecular weight is 294 g/mol. The molecule has 0 radical (unpaired) electrons. The van der Waals surface area contributed by atoms with Gasteiger partial charge < -0.3 is 15.5 Å². The van der Waals surface area contributed by atoms with Crippen LogP contribution >= 0.6 is 11.3 Å². The summed E-state index contributed by atoms with van der Waals surface area (Å²) in [5.41, 5.74) is 0. The fraction of sp³-hybridized carbons (Fsp3) is 0.571. The van der Waals surface area contributed by atoms with E-state index in [-0.39, 0.29) is 12.5 Å². The van der Waals surface area contributed by atoms with E-state index in [9.17, 15) is 4.79 Å². The van der Waals surface area contributed by atoms with E-state index in [4.69, 9.17) is 0 Å². The predicted octanol–water partition coefficient (Wildman–Crippen LogP) is 1.43. The van der Waals surface area contributed by atoms with Crippen LogP contribution < -0.4 is 10.6 Å². The van der Waals surface area contributed by atoms with Gasteiger partial charge in [0.2, 0.25) is 5.91 Å². The number of likely N-dealkylation sites (tertiary alicyclic amines) is 1. The predicted molar refractivity (Wildman–Crippen MR) is 83.0 cm³/mol. The van der Waals surface area contributed by atoms with Crippen LogP contribution in [0.25, 0.3) is 0 Å². The van der Waals surface area contributed by atoms with E-state index in [1.165, 1.54) is 4.88 Å². The normalized spacial score (nSPS) is 15.4. The molecule has 2 rings (SSSR count). The molecule has 0 aromatic carbocycles. The molecule has 1 saturated heterocycles. The zero-order valence-electron chi connectivity index (χ0n) is 11.9. The molecule has 2 N–H and O–H groups in total. The SMILES string of the molecule is CCNC(=NCC(=O)N1CCCC1)NCc1cccs1. The number of amides is 1. The molecule has 0 bridgehead atoms. The summed E-state index contributed by atoms with van der Waals surface area (Å²) in [6, 6.07) is 4.11. The molecule has 1 fully saturated rings. The number of carbonyl (C=O) groups is 1. The number of rotatable bonds is 5. The molecule has 1 aliphatic heterocycles. The molecule has 5 nitrogen and oxygen atoms in total. The third kappa shape index (κ3) is 4.52. The van der Waals surface area contributed by atoms with E-state index in [0.29, 0.717) is 5.96 Å². The van der Waals surface area contributed by atoms with Crippen LogP contribution in [-0.4, -0.2) is 42.9 Å². The second-order valence-electron chi connectivity index (χ2n) is 4.72. The van der Waals surface area contributed by atoms with Crippen molar-refractivity contribution in [2.24, 2.45) is 4.99 Å². The van der Waals surface area contributed by atoms with E-state index >= 15 is 0 Å². The van der Waals surface area contributed by atoms with Crippen molar-refractivity contribution >= 4 is 23.2 Å². The van der Waals surface area contributed by atoms with E-state index in [1.54, 1.807) is 11.3 Å². The fourth-order valence-electron chi connectivity index (χ4n) is 2.14. The van der Waals surface area contributed by atoms with Crippen LogP contribution in [0.4, 0.5) is 0 Å². The van der Waals surface area contributed by atoms with E-state index in [2.05, 4.69) is 27.1 Å². The van der Waals surface area contributed by atoms with Crippen LogP contribution in [0.1, 0.15) is 24.6 Å². The second kappa shape index (κ2) is 7.89. The number of thiophene rings is 1. The Kier molecular flexibility index (Phi) is 5.86. The first-order chi connectivity index (χ1) is 9.79. The molecule has 1 aromatic rings. The van der Waals surface area contributed by atoms with E-state index in [1.807, 2.05) is 17.9 Å². The minimum atomic E-state index is 0.121. The number of guanidine groups is 1.